The Morgan fingerprint density at radius 3 is 2.61 bits per heavy atom. The van der Waals surface area contributed by atoms with E-state index in [4.69, 9.17) is 5.11 Å². The third-order valence-corrected chi connectivity index (χ3v) is 4.69. The number of nitrogens with one attached hydrogen (secondary N) is 1. The lowest BCUT2D eigenvalue weighted by Gasteiger charge is -2.13. The first-order chi connectivity index (χ1) is 8.45. The quantitative estimate of drug-likeness (QED) is 0.768. The molecular weight excluding hydrogens is 386 g/mol. The van der Waals surface area contributed by atoms with E-state index in [1.165, 1.54) is 11.3 Å². The molecule has 0 bridgehead atoms. The molecule has 0 saturated carbocycles. The lowest BCUT2D eigenvalue weighted by Crippen LogP contribution is -2.40. The summed E-state index contributed by atoms with van der Waals surface area (Å²) < 4.78 is 1.51. The van der Waals surface area contributed by atoms with Gasteiger partial charge in [0.2, 0.25) is 0 Å². The fraction of sp³-hybridized carbons (Fsp3) is 0.455. The van der Waals surface area contributed by atoms with E-state index in [0.29, 0.717) is 15.8 Å². The highest BCUT2D eigenvalue weighted by atomic mass is 79.9. The van der Waals surface area contributed by atoms with Gasteiger partial charge in [-0.25, -0.2) is 4.79 Å². The molecule has 1 aromatic heterocycles. The molecule has 0 saturated heterocycles. The fourth-order valence-corrected chi connectivity index (χ4v) is 4.19. The minimum Gasteiger partial charge on any atom is -0.480 e. The number of halogens is 2. The summed E-state index contributed by atoms with van der Waals surface area (Å²) in [7, 11) is 0. The zero-order valence-electron chi connectivity index (χ0n) is 9.70. The van der Waals surface area contributed by atoms with Crippen LogP contribution in [0.15, 0.2) is 13.6 Å². The van der Waals surface area contributed by atoms with Crippen LogP contribution >= 0.6 is 43.2 Å². The largest absolute Gasteiger partial charge is 0.480 e. The molecule has 0 aliphatic rings. The number of hydrogen-bond acceptors (Lipinski definition) is 3. The topological polar surface area (TPSA) is 66.4 Å². The van der Waals surface area contributed by atoms with Crippen molar-refractivity contribution in [3.63, 3.8) is 0 Å². The Kier molecular flexibility index (Phi) is 6.31. The molecule has 2 N–H and O–H groups in total. The highest BCUT2D eigenvalue weighted by Crippen LogP contribution is 2.31. The molecule has 7 heteroatoms. The van der Waals surface area contributed by atoms with Crippen LogP contribution in [0.1, 0.15) is 36.5 Å². The van der Waals surface area contributed by atoms with Crippen molar-refractivity contribution in [2.45, 2.75) is 32.2 Å². The Morgan fingerprint density at radius 2 is 2.17 bits per heavy atom. The summed E-state index contributed by atoms with van der Waals surface area (Å²) in [5, 5.41) is 11.6. The lowest BCUT2D eigenvalue weighted by atomic mass is 10.1. The number of carboxylic acids is 1. The molecular formula is C11H13Br2NO3S. The fourth-order valence-electron chi connectivity index (χ4n) is 1.40. The zero-order valence-corrected chi connectivity index (χ0v) is 13.7. The lowest BCUT2D eigenvalue weighted by molar-refractivity contribution is -0.139. The number of carboxylic acid groups (broad SMARTS) is 1. The Labute approximate surface area is 126 Å². The normalized spacial score (nSPS) is 12.2. The standard InChI is InChI=1S/C11H13Br2NO3S/c1-2-3-4-7(11(16)17)14-10(15)6-5-8(12)18-9(6)13/h5,7H,2-4H2,1H3,(H,14,15)(H,16,17)/t7-/m0/s1. The second kappa shape index (κ2) is 7.25. The van der Waals surface area contributed by atoms with E-state index in [-0.39, 0.29) is 5.91 Å². The van der Waals surface area contributed by atoms with Gasteiger partial charge in [0.25, 0.3) is 5.91 Å². The minimum atomic E-state index is -0.998. The third kappa shape index (κ3) is 4.37. The van der Waals surface area contributed by atoms with Crippen LogP contribution in [0, 0.1) is 0 Å². The summed E-state index contributed by atoms with van der Waals surface area (Å²) in [6.45, 7) is 1.98. The summed E-state index contributed by atoms with van der Waals surface area (Å²) in [5.41, 5.74) is 0.453. The van der Waals surface area contributed by atoms with Crippen molar-refractivity contribution in [2.75, 3.05) is 0 Å². The van der Waals surface area contributed by atoms with Crippen LogP contribution in [0.4, 0.5) is 0 Å². The number of carbonyl (C=O) groups is 2. The average molecular weight is 399 g/mol. The second-order valence-corrected chi connectivity index (χ2v) is 7.49. The minimum absolute atomic E-state index is 0.368. The van der Waals surface area contributed by atoms with E-state index >= 15 is 0 Å². The van der Waals surface area contributed by atoms with E-state index < -0.39 is 12.0 Å². The average Bonchev–Trinajstić information content (AvgIpc) is 2.63. The van der Waals surface area contributed by atoms with Gasteiger partial charge in [-0.1, -0.05) is 19.8 Å². The molecule has 0 aliphatic carbocycles. The monoisotopic (exact) mass is 397 g/mol. The van der Waals surface area contributed by atoms with E-state index in [9.17, 15) is 9.59 Å². The summed E-state index contributed by atoms with van der Waals surface area (Å²) in [4.78, 5) is 23.0. The second-order valence-electron chi connectivity index (χ2n) is 3.74. The van der Waals surface area contributed by atoms with Crippen molar-refractivity contribution in [1.82, 2.24) is 5.32 Å². The number of hydrogen-bond donors (Lipinski definition) is 2. The van der Waals surface area contributed by atoms with Gasteiger partial charge in [0.15, 0.2) is 0 Å². The smallest absolute Gasteiger partial charge is 0.326 e. The molecule has 18 heavy (non-hydrogen) atoms. The van der Waals surface area contributed by atoms with Crippen LogP contribution < -0.4 is 5.32 Å². The van der Waals surface area contributed by atoms with Crippen molar-refractivity contribution in [2.24, 2.45) is 0 Å². The van der Waals surface area contributed by atoms with Gasteiger partial charge in [0.1, 0.15) is 6.04 Å². The van der Waals surface area contributed by atoms with E-state index in [0.717, 1.165) is 16.6 Å². The number of unbranched alkanes of at least 4 members (excludes halogenated alkanes) is 1. The molecule has 0 radical (unpaired) electrons. The van der Waals surface area contributed by atoms with Crippen LogP contribution in [-0.4, -0.2) is 23.0 Å². The summed E-state index contributed by atoms with van der Waals surface area (Å²) in [6.07, 6.45) is 2.11. The molecule has 4 nitrogen and oxygen atoms in total. The predicted octanol–water partition coefficient (Wildman–Crippen LogP) is 3.65. The van der Waals surface area contributed by atoms with Crippen LogP contribution in [0.2, 0.25) is 0 Å². The molecule has 0 unspecified atom stereocenters. The van der Waals surface area contributed by atoms with Crippen LogP contribution in [0.25, 0.3) is 0 Å². The van der Waals surface area contributed by atoms with Gasteiger partial charge in [-0.15, -0.1) is 11.3 Å². The predicted molar refractivity (Wildman–Crippen MR) is 78.1 cm³/mol. The van der Waals surface area contributed by atoms with E-state index in [2.05, 4.69) is 37.2 Å². The van der Waals surface area contributed by atoms with Gasteiger partial charge < -0.3 is 10.4 Å². The van der Waals surface area contributed by atoms with Gasteiger partial charge in [-0.2, -0.15) is 0 Å². The maximum Gasteiger partial charge on any atom is 0.326 e. The van der Waals surface area contributed by atoms with Crippen molar-refractivity contribution in [3.05, 3.63) is 19.2 Å². The van der Waals surface area contributed by atoms with Crippen molar-refractivity contribution in [3.8, 4) is 0 Å². The summed E-state index contributed by atoms with van der Waals surface area (Å²) >= 11 is 7.93. The molecule has 0 spiro atoms. The molecule has 1 amide bonds. The number of carbonyl (C=O) groups excluding carboxylic acids is 1. The van der Waals surface area contributed by atoms with Crippen molar-refractivity contribution >= 4 is 55.1 Å². The van der Waals surface area contributed by atoms with Gasteiger partial charge in [-0.3, -0.25) is 4.79 Å². The Morgan fingerprint density at radius 1 is 1.50 bits per heavy atom. The van der Waals surface area contributed by atoms with Gasteiger partial charge in [0.05, 0.1) is 13.1 Å². The number of aliphatic carboxylic acids is 1. The first-order valence-electron chi connectivity index (χ1n) is 5.44. The van der Waals surface area contributed by atoms with Gasteiger partial charge in [-0.05, 0) is 44.3 Å². The van der Waals surface area contributed by atoms with Gasteiger partial charge >= 0.3 is 5.97 Å². The third-order valence-electron chi connectivity index (χ3n) is 2.35. The Bertz CT molecular complexity index is 447. The molecule has 0 aromatic carbocycles. The van der Waals surface area contributed by atoms with Crippen LogP contribution in [-0.2, 0) is 4.79 Å². The Hall–Kier alpha value is -0.400. The molecule has 0 aliphatic heterocycles. The van der Waals surface area contributed by atoms with Crippen molar-refractivity contribution in [1.29, 1.82) is 0 Å². The SMILES string of the molecule is CCCC[C@H](NC(=O)c1cc(Br)sc1Br)C(=O)O. The maximum atomic E-state index is 11.9. The number of thiophene rings is 1. The van der Waals surface area contributed by atoms with E-state index in [1.54, 1.807) is 6.07 Å². The van der Waals surface area contributed by atoms with Crippen LogP contribution in [0.5, 0.6) is 0 Å². The van der Waals surface area contributed by atoms with Crippen molar-refractivity contribution < 1.29 is 14.7 Å². The molecule has 1 heterocycles. The van der Waals surface area contributed by atoms with Gasteiger partial charge in [0, 0.05) is 0 Å². The molecule has 100 valence electrons. The number of rotatable bonds is 6. The zero-order chi connectivity index (χ0) is 13.7. The first-order valence-corrected chi connectivity index (χ1v) is 7.84. The Balaban J connectivity index is 2.72. The first kappa shape index (κ1) is 15.7. The number of amides is 1. The molecule has 1 aromatic rings. The molecule has 1 rings (SSSR count). The molecule has 1 atom stereocenters. The van der Waals surface area contributed by atoms with E-state index in [1.807, 2.05) is 6.92 Å². The maximum absolute atomic E-state index is 11.9. The highest BCUT2D eigenvalue weighted by molar-refractivity contribution is 9.12. The summed E-state index contributed by atoms with van der Waals surface area (Å²) in [5.74, 6) is -1.37. The summed E-state index contributed by atoms with van der Waals surface area (Å²) in [6, 6.07) is 0.839. The van der Waals surface area contributed by atoms with Crippen LogP contribution in [0.3, 0.4) is 0 Å². The molecule has 0 fully saturated rings. The highest BCUT2D eigenvalue weighted by Gasteiger charge is 2.22.